The van der Waals surface area contributed by atoms with Crippen molar-refractivity contribution in [1.82, 2.24) is 15.0 Å². The maximum atomic E-state index is 6.05. The van der Waals surface area contributed by atoms with Crippen molar-refractivity contribution in [3.63, 3.8) is 0 Å². The number of aryl methyl sites for hydroxylation is 2. The predicted molar refractivity (Wildman–Crippen MR) is 158 cm³/mol. The molecule has 0 N–H and O–H groups in total. The molecular formula is C35H25N3O. The molecule has 0 fully saturated rings. The number of hydrogen-bond donors (Lipinski definition) is 0. The quantitative estimate of drug-likeness (QED) is 0.240. The molecule has 7 rings (SSSR count). The van der Waals surface area contributed by atoms with Crippen molar-refractivity contribution in [2.45, 2.75) is 13.8 Å². The molecule has 0 amide bonds. The molecular weight excluding hydrogens is 478 g/mol. The van der Waals surface area contributed by atoms with Crippen LogP contribution < -0.4 is 0 Å². The molecule has 0 spiro atoms. The van der Waals surface area contributed by atoms with Gasteiger partial charge < -0.3 is 4.42 Å². The molecule has 4 heteroatoms. The molecule has 2 aromatic heterocycles. The van der Waals surface area contributed by atoms with Crippen molar-refractivity contribution in [3.8, 4) is 45.1 Å². The van der Waals surface area contributed by atoms with E-state index in [1.807, 2.05) is 42.5 Å². The lowest BCUT2D eigenvalue weighted by atomic mass is 9.99. The first kappa shape index (κ1) is 23.1. The van der Waals surface area contributed by atoms with Crippen LogP contribution in [0.3, 0.4) is 0 Å². The number of benzene rings is 5. The molecule has 2 heterocycles. The van der Waals surface area contributed by atoms with Gasteiger partial charge in [0.05, 0.1) is 22.4 Å². The third-order valence-corrected chi connectivity index (χ3v) is 7.25. The van der Waals surface area contributed by atoms with E-state index in [0.717, 1.165) is 61.3 Å². The van der Waals surface area contributed by atoms with Gasteiger partial charge >= 0.3 is 0 Å². The van der Waals surface area contributed by atoms with Gasteiger partial charge in [-0.2, -0.15) is 0 Å². The van der Waals surface area contributed by atoms with Crippen molar-refractivity contribution >= 4 is 22.1 Å². The summed E-state index contributed by atoms with van der Waals surface area (Å²) in [4.78, 5) is 14.7. The topological polar surface area (TPSA) is 51.8 Å². The third kappa shape index (κ3) is 4.26. The van der Waals surface area contributed by atoms with Crippen molar-refractivity contribution in [2.75, 3.05) is 0 Å². The van der Waals surface area contributed by atoms with Crippen LogP contribution in [0.4, 0.5) is 0 Å². The van der Waals surface area contributed by atoms with E-state index in [1.165, 1.54) is 11.1 Å². The molecule has 0 saturated carbocycles. The van der Waals surface area contributed by atoms with Gasteiger partial charge in [0, 0.05) is 16.7 Å². The molecule has 186 valence electrons. The Morgan fingerprint density at radius 1 is 0.436 bits per heavy atom. The standard InChI is InChI=1S/C35H25N3O/c1-22-20-31-32(21-23(22)2)39-35(38-31)28-18-14-25(15-19-28)24-12-16-27(17-13-24)34-33(26-8-4-3-5-9-26)36-29-10-6-7-11-30(29)37-34/h3-21H,1-2H3. The Morgan fingerprint density at radius 3 is 1.54 bits per heavy atom. The third-order valence-electron chi connectivity index (χ3n) is 7.25. The zero-order valence-electron chi connectivity index (χ0n) is 21.7. The fraction of sp³-hybridized carbons (Fsp3) is 0.0571. The Balaban J connectivity index is 1.22. The average Bonchev–Trinajstić information content (AvgIpc) is 3.40. The van der Waals surface area contributed by atoms with Gasteiger partial charge in [-0.05, 0) is 72.5 Å². The maximum Gasteiger partial charge on any atom is 0.227 e. The molecule has 0 aliphatic heterocycles. The summed E-state index contributed by atoms with van der Waals surface area (Å²) in [6.07, 6.45) is 0. The monoisotopic (exact) mass is 503 g/mol. The molecule has 7 aromatic rings. The number of oxazole rings is 1. The first-order valence-corrected chi connectivity index (χ1v) is 13.0. The fourth-order valence-corrected chi connectivity index (χ4v) is 4.93. The van der Waals surface area contributed by atoms with Gasteiger partial charge in [-0.1, -0.05) is 78.9 Å². The van der Waals surface area contributed by atoms with Crippen LogP contribution in [-0.4, -0.2) is 15.0 Å². The molecule has 0 radical (unpaired) electrons. The van der Waals surface area contributed by atoms with Crippen molar-refractivity contribution in [2.24, 2.45) is 0 Å². The molecule has 0 saturated heterocycles. The van der Waals surface area contributed by atoms with Crippen LogP contribution in [0.1, 0.15) is 11.1 Å². The smallest absolute Gasteiger partial charge is 0.227 e. The highest BCUT2D eigenvalue weighted by atomic mass is 16.3. The first-order chi connectivity index (χ1) is 19.1. The van der Waals surface area contributed by atoms with Crippen LogP contribution in [0.25, 0.3) is 67.2 Å². The SMILES string of the molecule is Cc1cc2nc(-c3ccc(-c4ccc(-c5nc6ccccc6nc5-c5ccccc5)cc4)cc3)oc2cc1C. The van der Waals surface area contributed by atoms with E-state index >= 15 is 0 Å². The van der Waals surface area contributed by atoms with Gasteiger partial charge in [-0.25, -0.2) is 15.0 Å². The fourth-order valence-electron chi connectivity index (χ4n) is 4.93. The highest BCUT2D eigenvalue weighted by molar-refractivity contribution is 5.87. The minimum absolute atomic E-state index is 0.639. The summed E-state index contributed by atoms with van der Waals surface area (Å²) in [5.41, 5.74) is 13.0. The van der Waals surface area contributed by atoms with Crippen molar-refractivity contribution in [3.05, 3.63) is 126 Å². The summed E-state index contributed by atoms with van der Waals surface area (Å²) < 4.78 is 6.05. The van der Waals surface area contributed by atoms with Crippen LogP contribution in [0, 0.1) is 13.8 Å². The second kappa shape index (κ2) is 9.34. The zero-order chi connectivity index (χ0) is 26.3. The largest absolute Gasteiger partial charge is 0.436 e. The number of aromatic nitrogens is 3. The molecule has 0 aliphatic rings. The molecule has 0 unspecified atom stereocenters. The summed E-state index contributed by atoms with van der Waals surface area (Å²) >= 11 is 0. The summed E-state index contributed by atoms with van der Waals surface area (Å²) in [5.74, 6) is 0.639. The van der Waals surface area contributed by atoms with Gasteiger partial charge in [0.25, 0.3) is 0 Å². The number of fused-ring (bicyclic) bond motifs is 2. The molecule has 0 aliphatic carbocycles. The minimum atomic E-state index is 0.639. The molecule has 0 atom stereocenters. The molecule has 5 aromatic carbocycles. The van der Waals surface area contributed by atoms with Gasteiger partial charge in [0.1, 0.15) is 5.52 Å². The Hall–Kier alpha value is -5.09. The number of para-hydroxylation sites is 2. The lowest BCUT2D eigenvalue weighted by molar-refractivity contribution is 0.619. The van der Waals surface area contributed by atoms with Gasteiger partial charge in [0.2, 0.25) is 5.89 Å². The normalized spacial score (nSPS) is 11.3. The average molecular weight is 504 g/mol. The summed E-state index contributed by atoms with van der Waals surface area (Å²) in [7, 11) is 0. The van der Waals surface area contributed by atoms with Crippen LogP contribution in [0.2, 0.25) is 0 Å². The van der Waals surface area contributed by atoms with Gasteiger partial charge in [-0.3, -0.25) is 0 Å². The van der Waals surface area contributed by atoms with Crippen LogP contribution >= 0.6 is 0 Å². The number of nitrogens with zero attached hydrogens (tertiary/aromatic N) is 3. The van der Waals surface area contributed by atoms with Crippen LogP contribution in [0.15, 0.2) is 120 Å². The lowest BCUT2D eigenvalue weighted by Gasteiger charge is -2.11. The number of rotatable bonds is 4. The van der Waals surface area contributed by atoms with E-state index in [1.54, 1.807) is 0 Å². The Kier molecular flexibility index (Phi) is 5.52. The Bertz CT molecular complexity index is 1920. The van der Waals surface area contributed by atoms with Gasteiger partial charge in [-0.15, -0.1) is 0 Å². The van der Waals surface area contributed by atoms with E-state index in [4.69, 9.17) is 19.4 Å². The minimum Gasteiger partial charge on any atom is -0.436 e. The van der Waals surface area contributed by atoms with Crippen molar-refractivity contribution < 1.29 is 4.42 Å². The molecule has 39 heavy (non-hydrogen) atoms. The molecule has 0 bridgehead atoms. The van der Waals surface area contributed by atoms with E-state index in [-0.39, 0.29) is 0 Å². The van der Waals surface area contributed by atoms with E-state index in [0.29, 0.717) is 5.89 Å². The van der Waals surface area contributed by atoms with E-state index in [9.17, 15) is 0 Å². The van der Waals surface area contributed by atoms with Crippen molar-refractivity contribution in [1.29, 1.82) is 0 Å². The summed E-state index contributed by atoms with van der Waals surface area (Å²) in [6, 6.07) is 39.3. The second-order valence-electron chi connectivity index (χ2n) is 9.85. The van der Waals surface area contributed by atoms with E-state index in [2.05, 4.69) is 86.6 Å². The molecule has 4 nitrogen and oxygen atoms in total. The summed E-state index contributed by atoms with van der Waals surface area (Å²) in [6.45, 7) is 4.18. The number of hydrogen-bond acceptors (Lipinski definition) is 4. The summed E-state index contributed by atoms with van der Waals surface area (Å²) in [5, 5.41) is 0. The highest BCUT2D eigenvalue weighted by Crippen LogP contribution is 2.33. The highest BCUT2D eigenvalue weighted by Gasteiger charge is 2.14. The second-order valence-corrected chi connectivity index (χ2v) is 9.85. The van der Waals surface area contributed by atoms with Gasteiger partial charge in [0.15, 0.2) is 5.58 Å². The van der Waals surface area contributed by atoms with Crippen LogP contribution in [-0.2, 0) is 0 Å². The maximum absolute atomic E-state index is 6.05. The lowest BCUT2D eigenvalue weighted by Crippen LogP contribution is -1.95. The Labute approximate surface area is 226 Å². The van der Waals surface area contributed by atoms with Crippen LogP contribution in [0.5, 0.6) is 0 Å². The predicted octanol–water partition coefficient (Wildman–Crippen LogP) is 9.06. The Morgan fingerprint density at radius 2 is 0.923 bits per heavy atom. The van der Waals surface area contributed by atoms with E-state index < -0.39 is 0 Å². The first-order valence-electron chi connectivity index (χ1n) is 13.0. The zero-order valence-corrected chi connectivity index (χ0v) is 21.7.